The van der Waals surface area contributed by atoms with E-state index in [2.05, 4.69) is 20.3 Å². The van der Waals surface area contributed by atoms with Crippen LogP contribution in [-0.2, 0) is 21.4 Å². The van der Waals surface area contributed by atoms with E-state index in [1.807, 2.05) is 0 Å². The van der Waals surface area contributed by atoms with Crippen LogP contribution < -0.4 is 15.4 Å². The molecule has 0 saturated heterocycles. The van der Waals surface area contributed by atoms with E-state index >= 15 is 0 Å². The molecule has 0 radical (unpaired) electrons. The van der Waals surface area contributed by atoms with Crippen molar-refractivity contribution < 1.29 is 18.0 Å². The Balaban J connectivity index is 1.60. The molecule has 0 unspecified atom stereocenters. The summed E-state index contributed by atoms with van der Waals surface area (Å²) < 4.78 is 27.4. The van der Waals surface area contributed by atoms with Crippen LogP contribution in [0.4, 0.5) is 11.4 Å². The van der Waals surface area contributed by atoms with Gasteiger partial charge in [0, 0.05) is 30.9 Å². The Morgan fingerprint density at radius 2 is 1.60 bits per heavy atom. The number of carbonyl (C=O) groups is 2. The van der Waals surface area contributed by atoms with Crippen molar-refractivity contribution in [1.82, 2.24) is 9.71 Å². The summed E-state index contributed by atoms with van der Waals surface area (Å²) in [5.41, 5.74) is 2.25. The number of hydrogen-bond donors (Lipinski definition) is 3. The second-order valence-electron chi connectivity index (χ2n) is 6.42. The summed E-state index contributed by atoms with van der Waals surface area (Å²) in [6, 6.07) is 15.9. The molecule has 1 aromatic heterocycles. The number of amides is 2. The first-order valence-electron chi connectivity index (χ1n) is 9.01. The molecule has 2 aromatic carbocycles. The zero-order valence-electron chi connectivity index (χ0n) is 16.1. The quantitative estimate of drug-likeness (QED) is 0.539. The molecule has 3 N–H and O–H groups in total. The van der Waals surface area contributed by atoms with E-state index in [9.17, 15) is 18.0 Å². The Morgan fingerprint density at radius 1 is 0.900 bits per heavy atom. The number of hydrogen-bond acceptors (Lipinski definition) is 5. The van der Waals surface area contributed by atoms with Crippen molar-refractivity contribution in [2.75, 3.05) is 10.6 Å². The van der Waals surface area contributed by atoms with Crippen molar-refractivity contribution >= 4 is 33.2 Å². The minimum absolute atomic E-state index is 0.0697. The average Bonchev–Trinajstić information content (AvgIpc) is 2.73. The van der Waals surface area contributed by atoms with Crippen molar-refractivity contribution in [1.29, 1.82) is 0 Å². The zero-order valence-corrected chi connectivity index (χ0v) is 16.9. The smallest absolute Gasteiger partial charge is 0.255 e. The first-order valence-corrected chi connectivity index (χ1v) is 10.5. The van der Waals surface area contributed by atoms with E-state index in [-0.39, 0.29) is 23.3 Å². The summed E-state index contributed by atoms with van der Waals surface area (Å²) in [5.74, 6) is -0.518. The lowest BCUT2D eigenvalue weighted by Crippen LogP contribution is -2.23. The van der Waals surface area contributed by atoms with Crippen LogP contribution in [-0.4, -0.2) is 25.2 Å². The fourth-order valence-corrected chi connectivity index (χ4v) is 3.61. The van der Waals surface area contributed by atoms with Gasteiger partial charge in [-0.2, -0.15) is 0 Å². The molecule has 0 aliphatic heterocycles. The van der Waals surface area contributed by atoms with E-state index in [4.69, 9.17) is 0 Å². The third-order valence-electron chi connectivity index (χ3n) is 4.09. The Labute approximate surface area is 174 Å². The molecule has 30 heavy (non-hydrogen) atoms. The van der Waals surface area contributed by atoms with Gasteiger partial charge in [-0.05, 0) is 54.1 Å². The van der Waals surface area contributed by atoms with Gasteiger partial charge < -0.3 is 10.6 Å². The highest BCUT2D eigenvalue weighted by molar-refractivity contribution is 7.89. The summed E-state index contributed by atoms with van der Waals surface area (Å²) in [7, 11) is -3.72. The predicted molar refractivity (Wildman–Crippen MR) is 113 cm³/mol. The van der Waals surface area contributed by atoms with Gasteiger partial charge in [0.1, 0.15) is 0 Å². The number of rotatable bonds is 7. The maximum absolute atomic E-state index is 12.4. The van der Waals surface area contributed by atoms with Gasteiger partial charge in [-0.1, -0.05) is 12.1 Å². The number of nitrogens with one attached hydrogen (secondary N) is 3. The molecule has 0 saturated carbocycles. The maximum Gasteiger partial charge on any atom is 0.255 e. The normalized spacial score (nSPS) is 11.0. The van der Waals surface area contributed by atoms with Crippen molar-refractivity contribution in [3.63, 3.8) is 0 Å². The van der Waals surface area contributed by atoms with Crippen molar-refractivity contribution in [3.8, 4) is 0 Å². The number of anilines is 2. The third kappa shape index (κ3) is 5.72. The minimum Gasteiger partial charge on any atom is -0.326 e. The standard InChI is InChI=1S/C21H20N4O4S/c1-15(26)24-18-8-10-20(11-9-18)30(28,29)23-13-16-4-6-17(7-5-16)21(27)25-19-3-2-12-22-14-19/h2-12,14,23H,13H2,1H3,(H,24,26)(H,25,27). The van der Waals surface area contributed by atoms with Gasteiger partial charge in [0.2, 0.25) is 15.9 Å². The Kier molecular flexibility index (Phi) is 6.55. The Hall–Kier alpha value is -3.56. The van der Waals surface area contributed by atoms with E-state index in [1.165, 1.54) is 31.2 Å². The molecule has 3 aromatic rings. The second kappa shape index (κ2) is 9.29. The Morgan fingerprint density at radius 3 is 2.20 bits per heavy atom. The highest BCUT2D eigenvalue weighted by Crippen LogP contribution is 2.15. The number of carbonyl (C=O) groups excluding carboxylic acids is 2. The molecule has 1 heterocycles. The molecule has 3 rings (SSSR count). The van der Waals surface area contributed by atoms with E-state index in [0.29, 0.717) is 22.5 Å². The number of benzene rings is 2. The van der Waals surface area contributed by atoms with Gasteiger partial charge in [0.05, 0.1) is 16.8 Å². The molecule has 154 valence electrons. The molecule has 2 amide bonds. The van der Waals surface area contributed by atoms with Crippen LogP contribution in [0.5, 0.6) is 0 Å². The van der Waals surface area contributed by atoms with Gasteiger partial charge in [0.15, 0.2) is 0 Å². The molecular weight excluding hydrogens is 404 g/mol. The number of nitrogens with zero attached hydrogens (tertiary/aromatic N) is 1. The largest absolute Gasteiger partial charge is 0.326 e. The summed E-state index contributed by atoms with van der Waals surface area (Å²) >= 11 is 0. The predicted octanol–water partition coefficient (Wildman–Crippen LogP) is 2.77. The SMILES string of the molecule is CC(=O)Nc1ccc(S(=O)(=O)NCc2ccc(C(=O)Nc3cccnc3)cc2)cc1. The zero-order chi connectivity index (χ0) is 21.6. The molecule has 0 fully saturated rings. The molecule has 0 spiro atoms. The topological polar surface area (TPSA) is 117 Å². The van der Waals surface area contributed by atoms with Crippen LogP contribution in [0.3, 0.4) is 0 Å². The lowest BCUT2D eigenvalue weighted by atomic mass is 10.1. The van der Waals surface area contributed by atoms with E-state index in [1.54, 1.807) is 48.8 Å². The first kappa shape index (κ1) is 21.2. The van der Waals surface area contributed by atoms with Crippen LogP contribution in [0.25, 0.3) is 0 Å². The van der Waals surface area contributed by atoms with Crippen LogP contribution in [0, 0.1) is 0 Å². The van der Waals surface area contributed by atoms with Crippen LogP contribution in [0.1, 0.15) is 22.8 Å². The number of pyridine rings is 1. The number of aromatic nitrogens is 1. The summed E-state index contributed by atoms with van der Waals surface area (Å²) in [5, 5.41) is 5.31. The maximum atomic E-state index is 12.4. The molecule has 9 heteroatoms. The summed E-state index contributed by atoms with van der Waals surface area (Å²) in [6.07, 6.45) is 3.16. The lowest BCUT2D eigenvalue weighted by Gasteiger charge is -2.09. The summed E-state index contributed by atoms with van der Waals surface area (Å²) in [6.45, 7) is 1.44. The van der Waals surface area contributed by atoms with Gasteiger partial charge in [0.25, 0.3) is 5.91 Å². The fraction of sp³-hybridized carbons (Fsp3) is 0.0952. The Bertz CT molecular complexity index is 1130. The van der Waals surface area contributed by atoms with Gasteiger partial charge in [-0.15, -0.1) is 0 Å². The molecule has 0 bridgehead atoms. The van der Waals surface area contributed by atoms with Crippen LogP contribution in [0.2, 0.25) is 0 Å². The van der Waals surface area contributed by atoms with Crippen molar-refractivity contribution in [2.24, 2.45) is 0 Å². The van der Waals surface area contributed by atoms with Crippen LogP contribution in [0.15, 0.2) is 78.0 Å². The fourth-order valence-electron chi connectivity index (χ4n) is 2.60. The van der Waals surface area contributed by atoms with Crippen molar-refractivity contribution in [2.45, 2.75) is 18.4 Å². The average molecular weight is 424 g/mol. The number of sulfonamides is 1. The third-order valence-corrected chi connectivity index (χ3v) is 5.50. The lowest BCUT2D eigenvalue weighted by molar-refractivity contribution is -0.114. The van der Waals surface area contributed by atoms with Crippen LogP contribution >= 0.6 is 0 Å². The van der Waals surface area contributed by atoms with Gasteiger partial charge >= 0.3 is 0 Å². The van der Waals surface area contributed by atoms with Gasteiger partial charge in [-0.3, -0.25) is 14.6 Å². The first-order chi connectivity index (χ1) is 14.3. The molecule has 8 nitrogen and oxygen atoms in total. The molecule has 0 atom stereocenters. The highest BCUT2D eigenvalue weighted by atomic mass is 32.2. The monoisotopic (exact) mass is 424 g/mol. The van der Waals surface area contributed by atoms with E-state index in [0.717, 1.165) is 0 Å². The van der Waals surface area contributed by atoms with Gasteiger partial charge in [-0.25, -0.2) is 13.1 Å². The van der Waals surface area contributed by atoms with Crippen molar-refractivity contribution in [3.05, 3.63) is 84.2 Å². The highest BCUT2D eigenvalue weighted by Gasteiger charge is 2.14. The second-order valence-corrected chi connectivity index (χ2v) is 8.19. The molecule has 0 aliphatic carbocycles. The van der Waals surface area contributed by atoms with E-state index < -0.39 is 10.0 Å². The summed E-state index contributed by atoms with van der Waals surface area (Å²) in [4.78, 5) is 27.3. The minimum atomic E-state index is -3.72. The molecule has 0 aliphatic rings. The molecular formula is C21H20N4O4S.